The van der Waals surface area contributed by atoms with Crippen molar-refractivity contribution in [3.8, 4) is 11.5 Å². The summed E-state index contributed by atoms with van der Waals surface area (Å²) in [5.41, 5.74) is 2.42. The highest BCUT2D eigenvalue weighted by Gasteiger charge is 2.34. The third-order valence-electron chi connectivity index (χ3n) is 4.83. The Morgan fingerprint density at radius 2 is 1.73 bits per heavy atom. The van der Waals surface area contributed by atoms with Crippen LogP contribution in [-0.2, 0) is 0 Å². The fraction of sp³-hybridized carbons (Fsp3) is 0.667. The number of hydrogen-bond donors (Lipinski definition) is 1. The number of nitrogens with one attached hydrogen (secondary N) is 1. The Hall–Kier alpha value is -1.58. The smallest absolute Gasteiger partial charge is 0.162 e. The third kappa shape index (κ3) is 3.11. The van der Waals surface area contributed by atoms with Crippen molar-refractivity contribution in [2.75, 3.05) is 37.5 Å². The summed E-state index contributed by atoms with van der Waals surface area (Å²) in [7, 11) is 3.37. The largest absolute Gasteiger partial charge is 0.493 e. The Morgan fingerprint density at radius 3 is 2.27 bits per heavy atom. The monoisotopic (exact) mass is 306 g/mol. The summed E-state index contributed by atoms with van der Waals surface area (Å²) in [5.74, 6) is 2.27. The lowest BCUT2D eigenvalue weighted by molar-refractivity contribution is 0.353. The molecule has 0 saturated heterocycles. The molecule has 1 N–H and O–H groups in total. The van der Waals surface area contributed by atoms with E-state index < -0.39 is 0 Å². The predicted molar refractivity (Wildman–Crippen MR) is 93.5 cm³/mol. The highest BCUT2D eigenvalue weighted by atomic mass is 16.5. The lowest BCUT2D eigenvalue weighted by atomic mass is 9.93. The van der Waals surface area contributed by atoms with Crippen LogP contribution in [0.4, 0.5) is 11.4 Å². The Morgan fingerprint density at radius 1 is 1.14 bits per heavy atom. The van der Waals surface area contributed by atoms with Gasteiger partial charge in [-0.05, 0) is 19.8 Å². The number of fused-ring (bicyclic) bond motifs is 1. The van der Waals surface area contributed by atoms with Crippen LogP contribution in [0.2, 0.25) is 0 Å². The third-order valence-corrected chi connectivity index (χ3v) is 4.83. The van der Waals surface area contributed by atoms with Crippen LogP contribution in [0.15, 0.2) is 12.1 Å². The van der Waals surface area contributed by atoms with Gasteiger partial charge in [-0.1, -0.05) is 26.7 Å². The van der Waals surface area contributed by atoms with E-state index in [0.717, 1.165) is 30.3 Å². The summed E-state index contributed by atoms with van der Waals surface area (Å²) in [6.07, 6.45) is 2.41. The van der Waals surface area contributed by atoms with Gasteiger partial charge < -0.3 is 19.7 Å². The van der Waals surface area contributed by atoms with Gasteiger partial charge in [0.25, 0.3) is 0 Å². The molecule has 1 aliphatic rings. The average Bonchev–Trinajstić information content (AvgIpc) is 2.52. The van der Waals surface area contributed by atoms with E-state index in [0.29, 0.717) is 5.92 Å². The lowest BCUT2D eigenvalue weighted by Crippen LogP contribution is -2.53. The Bertz CT molecular complexity index is 510. The first-order valence-electron chi connectivity index (χ1n) is 8.24. The van der Waals surface area contributed by atoms with Gasteiger partial charge in [-0.3, -0.25) is 0 Å². The normalized spacial score (nSPS) is 16.2. The van der Waals surface area contributed by atoms with Crippen molar-refractivity contribution in [3.63, 3.8) is 0 Å². The summed E-state index contributed by atoms with van der Waals surface area (Å²) < 4.78 is 10.9. The molecule has 0 radical (unpaired) electrons. The summed E-state index contributed by atoms with van der Waals surface area (Å²) in [5, 5.41) is 3.54. The molecule has 1 aliphatic heterocycles. The van der Waals surface area contributed by atoms with Crippen molar-refractivity contribution in [1.29, 1.82) is 0 Å². The van der Waals surface area contributed by atoms with Gasteiger partial charge in [-0.25, -0.2) is 0 Å². The predicted octanol–water partition coefficient (Wildman–Crippen LogP) is 4.15. The molecule has 0 aromatic heterocycles. The minimum Gasteiger partial charge on any atom is -0.493 e. The zero-order valence-electron chi connectivity index (χ0n) is 14.8. The number of benzene rings is 1. The van der Waals surface area contributed by atoms with Crippen LogP contribution in [0, 0.1) is 5.92 Å². The standard InChI is InChI=1S/C18H30N2O2/c1-7-13(8-2)11-20-15-10-17(22-6)16(21-5)9-14(15)19-12-18(20,3)4/h9-10,13,19H,7-8,11-12H2,1-6H3. The van der Waals surface area contributed by atoms with Gasteiger partial charge >= 0.3 is 0 Å². The van der Waals surface area contributed by atoms with Crippen molar-refractivity contribution >= 4 is 11.4 Å². The van der Waals surface area contributed by atoms with Crippen molar-refractivity contribution in [1.82, 2.24) is 0 Å². The Kier molecular flexibility index (Phi) is 5.09. The molecule has 1 aromatic rings. The van der Waals surface area contributed by atoms with Crippen LogP contribution < -0.4 is 19.7 Å². The maximum absolute atomic E-state index is 5.50. The van der Waals surface area contributed by atoms with Crippen molar-refractivity contribution < 1.29 is 9.47 Å². The summed E-state index contributed by atoms with van der Waals surface area (Å²) in [6, 6.07) is 4.15. The quantitative estimate of drug-likeness (QED) is 0.856. The number of ether oxygens (including phenoxy) is 2. The number of methoxy groups -OCH3 is 2. The number of anilines is 2. The molecule has 0 unspecified atom stereocenters. The Balaban J connectivity index is 2.44. The van der Waals surface area contributed by atoms with Crippen LogP contribution in [0.25, 0.3) is 0 Å². The van der Waals surface area contributed by atoms with Gasteiger partial charge in [0.1, 0.15) is 0 Å². The van der Waals surface area contributed by atoms with E-state index >= 15 is 0 Å². The van der Waals surface area contributed by atoms with E-state index in [4.69, 9.17) is 9.47 Å². The average molecular weight is 306 g/mol. The van der Waals surface area contributed by atoms with Gasteiger partial charge in [-0.2, -0.15) is 0 Å². The maximum atomic E-state index is 5.50. The molecule has 0 amide bonds. The lowest BCUT2D eigenvalue weighted by Gasteiger charge is -2.47. The summed E-state index contributed by atoms with van der Waals surface area (Å²) in [6.45, 7) is 11.1. The Labute approximate surface area is 134 Å². The molecule has 1 heterocycles. The molecule has 124 valence electrons. The molecular formula is C18H30N2O2. The fourth-order valence-corrected chi connectivity index (χ4v) is 3.12. The first-order chi connectivity index (χ1) is 10.5. The van der Waals surface area contributed by atoms with Gasteiger partial charge in [0.15, 0.2) is 11.5 Å². The molecule has 0 fully saturated rings. The maximum Gasteiger partial charge on any atom is 0.162 e. The zero-order valence-corrected chi connectivity index (χ0v) is 14.8. The van der Waals surface area contributed by atoms with E-state index in [2.05, 4.69) is 44.0 Å². The van der Waals surface area contributed by atoms with Crippen LogP contribution >= 0.6 is 0 Å². The summed E-state index contributed by atoms with van der Waals surface area (Å²) >= 11 is 0. The molecule has 0 atom stereocenters. The van der Waals surface area contributed by atoms with Crippen molar-refractivity contribution in [2.45, 2.75) is 46.1 Å². The van der Waals surface area contributed by atoms with Crippen molar-refractivity contribution in [2.24, 2.45) is 5.92 Å². The van der Waals surface area contributed by atoms with Crippen LogP contribution in [0.1, 0.15) is 40.5 Å². The second kappa shape index (κ2) is 6.67. The summed E-state index contributed by atoms with van der Waals surface area (Å²) in [4.78, 5) is 2.53. The van der Waals surface area contributed by atoms with Crippen LogP contribution in [0.3, 0.4) is 0 Å². The van der Waals surface area contributed by atoms with Crippen LogP contribution in [-0.4, -0.2) is 32.8 Å². The van der Waals surface area contributed by atoms with E-state index in [9.17, 15) is 0 Å². The molecule has 22 heavy (non-hydrogen) atoms. The van der Waals surface area contributed by atoms with E-state index in [1.54, 1.807) is 14.2 Å². The molecule has 4 nitrogen and oxygen atoms in total. The van der Waals surface area contributed by atoms with Gasteiger partial charge in [0, 0.05) is 25.2 Å². The molecular weight excluding hydrogens is 276 g/mol. The van der Waals surface area contributed by atoms with Gasteiger partial charge in [-0.15, -0.1) is 0 Å². The topological polar surface area (TPSA) is 33.7 Å². The molecule has 1 aromatic carbocycles. The van der Waals surface area contributed by atoms with E-state index in [1.165, 1.54) is 18.5 Å². The first-order valence-corrected chi connectivity index (χ1v) is 8.24. The zero-order chi connectivity index (χ0) is 16.3. The van der Waals surface area contributed by atoms with Crippen LogP contribution in [0.5, 0.6) is 11.5 Å². The van der Waals surface area contributed by atoms with E-state index in [-0.39, 0.29) is 5.54 Å². The second-order valence-corrected chi connectivity index (χ2v) is 6.68. The first kappa shape index (κ1) is 16.8. The van der Waals surface area contributed by atoms with Gasteiger partial charge in [0.05, 0.1) is 31.1 Å². The SMILES string of the molecule is CCC(CC)CN1c2cc(OC)c(OC)cc2NCC1(C)C. The minimum absolute atomic E-state index is 0.0786. The minimum atomic E-state index is 0.0786. The number of rotatable bonds is 6. The molecule has 0 saturated carbocycles. The molecule has 0 bridgehead atoms. The fourth-order valence-electron chi connectivity index (χ4n) is 3.12. The highest BCUT2D eigenvalue weighted by Crippen LogP contribution is 2.43. The second-order valence-electron chi connectivity index (χ2n) is 6.68. The van der Waals surface area contributed by atoms with Crippen molar-refractivity contribution in [3.05, 3.63) is 12.1 Å². The molecule has 2 rings (SSSR count). The highest BCUT2D eigenvalue weighted by molar-refractivity contribution is 5.78. The molecule has 0 spiro atoms. The number of hydrogen-bond acceptors (Lipinski definition) is 4. The van der Waals surface area contributed by atoms with E-state index in [1.807, 2.05) is 6.07 Å². The van der Waals surface area contributed by atoms with Gasteiger partial charge in [0.2, 0.25) is 0 Å². The number of nitrogens with zero attached hydrogens (tertiary/aromatic N) is 1. The molecule has 0 aliphatic carbocycles. The molecule has 4 heteroatoms.